The van der Waals surface area contributed by atoms with Crippen LogP contribution in [0.25, 0.3) is 5.69 Å². The monoisotopic (exact) mass is 444 g/mol. The lowest BCUT2D eigenvalue weighted by molar-refractivity contribution is 0.104. The largest absolute Gasteiger partial charge is 0.390 e. The molecule has 7 heteroatoms. The van der Waals surface area contributed by atoms with Gasteiger partial charge in [0.1, 0.15) is 5.15 Å². The van der Waals surface area contributed by atoms with Gasteiger partial charge in [-0.2, -0.15) is 5.10 Å². The van der Waals surface area contributed by atoms with E-state index in [1.54, 1.807) is 4.68 Å². The van der Waals surface area contributed by atoms with Gasteiger partial charge in [0.25, 0.3) is 0 Å². The molecule has 0 fully saturated rings. The average molecular weight is 445 g/mol. The highest BCUT2D eigenvalue weighted by Crippen LogP contribution is 2.27. The molecular weight excluding hydrogens is 419 g/mol. The number of para-hydroxylation sites is 1. The summed E-state index contributed by atoms with van der Waals surface area (Å²) < 4.78 is 1.66. The number of β-amino-alcohol motifs (C(OH)–C–C–N with tert-alkyl or cyclic N) is 1. The van der Waals surface area contributed by atoms with E-state index < -0.39 is 6.10 Å². The minimum absolute atomic E-state index is 0.451. The van der Waals surface area contributed by atoms with E-state index in [4.69, 9.17) is 23.2 Å². The Morgan fingerprint density at radius 2 is 1.83 bits per heavy atom. The van der Waals surface area contributed by atoms with E-state index in [1.165, 1.54) is 11.1 Å². The Morgan fingerprint density at radius 1 is 1.10 bits per heavy atom. The smallest absolute Gasteiger partial charge is 0.137 e. The van der Waals surface area contributed by atoms with Crippen LogP contribution in [-0.2, 0) is 19.5 Å². The van der Waals surface area contributed by atoms with Crippen molar-refractivity contribution in [1.82, 2.24) is 20.0 Å². The summed E-state index contributed by atoms with van der Waals surface area (Å²) in [7, 11) is 0. The molecule has 1 atom stereocenters. The highest BCUT2D eigenvalue weighted by molar-refractivity contribution is 6.33. The van der Waals surface area contributed by atoms with Gasteiger partial charge in [0.15, 0.2) is 0 Å². The fraction of sp³-hybridized carbons (Fsp3) is 0.348. The van der Waals surface area contributed by atoms with Crippen molar-refractivity contribution in [2.24, 2.45) is 0 Å². The van der Waals surface area contributed by atoms with Gasteiger partial charge in [-0.25, -0.2) is 4.68 Å². The predicted molar refractivity (Wildman–Crippen MR) is 121 cm³/mol. The van der Waals surface area contributed by atoms with E-state index in [2.05, 4.69) is 39.6 Å². The molecule has 1 aliphatic heterocycles. The van der Waals surface area contributed by atoms with Gasteiger partial charge in [-0.05, 0) is 36.6 Å². The summed E-state index contributed by atoms with van der Waals surface area (Å²) in [5.41, 5.74) is 5.29. The van der Waals surface area contributed by atoms with Crippen molar-refractivity contribution in [2.75, 3.05) is 19.6 Å². The molecule has 0 saturated carbocycles. The molecule has 0 aliphatic carbocycles. The Labute approximate surface area is 187 Å². The molecular formula is C23H26Cl2N4O. The molecule has 0 bridgehead atoms. The number of nitrogens with zero attached hydrogens (tertiary/aromatic N) is 3. The number of hydrogen-bond acceptors (Lipinski definition) is 4. The second-order valence-electron chi connectivity index (χ2n) is 7.76. The van der Waals surface area contributed by atoms with Crippen molar-refractivity contribution in [1.29, 1.82) is 0 Å². The number of halogens is 2. The standard InChI is InChI=1S/C23H26Cl2N4O/c1-16-20(23(25)29(27-16)22-9-5-4-8-21(22)24)13-26-12-19(30)15-28-11-10-17-6-2-3-7-18(17)14-28/h2-9,19,26,30H,10-15H2,1H3. The molecule has 0 radical (unpaired) electrons. The summed E-state index contributed by atoms with van der Waals surface area (Å²) in [6.07, 6.45) is 0.583. The molecule has 1 unspecified atom stereocenters. The third kappa shape index (κ3) is 4.71. The van der Waals surface area contributed by atoms with Crippen molar-refractivity contribution in [3.8, 4) is 5.69 Å². The maximum Gasteiger partial charge on any atom is 0.137 e. The van der Waals surface area contributed by atoms with Crippen LogP contribution in [0, 0.1) is 6.92 Å². The fourth-order valence-electron chi connectivity index (χ4n) is 3.95. The molecule has 2 N–H and O–H groups in total. The molecule has 5 nitrogen and oxygen atoms in total. The van der Waals surface area contributed by atoms with E-state index in [0.29, 0.717) is 29.8 Å². The van der Waals surface area contributed by atoms with Crippen molar-refractivity contribution < 1.29 is 5.11 Å². The number of aliphatic hydroxyl groups is 1. The van der Waals surface area contributed by atoms with Crippen LogP contribution in [0.4, 0.5) is 0 Å². The van der Waals surface area contributed by atoms with Crippen LogP contribution in [0.2, 0.25) is 10.2 Å². The lowest BCUT2D eigenvalue weighted by atomic mass is 10.00. The van der Waals surface area contributed by atoms with Gasteiger partial charge in [0, 0.05) is 38.3 Å². The van der Waals surface area contributed by atoms with Gasteiger partial charge in [-0.15, -0.1) is 0 Å². The van der Waals surface area contributed by atoms with E-state index in [1.807, 2.05) is 31.2 Å². The molecule has 0 amide bonds. The molecule has 2 aromatic carbocycles. The van der Waals surface area contributed by atoms with E-state index in [9.17, 15) is 5.11 Å². The summed E-state index contributed by atoms with van der Waals surface area (Å²) in [5.74, 6) is 0. The maximum atomic E-state index is 10.5. The van der Waals surface area contributed by atoms with E-state index in [-0.39, 0.29) is 0 Å². The van der Waals surface area contributed by atoms with Gasteiger partial charge in [0.2, 0.25) is 0 Å². The Bertz CT molecular complexity index is 1020. The first-order chi connectivity index (χ1) is 14.5. The number of rotatable bonds is 7. The van der Waals surface area contributed by atoms with Gasteiger partial charge in [0.05, 0.1) is 22.5 Å². The van der Waals surface area contributed by atoms with Gasteiger partial charge < -0.3 is 10.4 Å². The van der Waals surface area contributed by atoms with Crippen LogP contribution in [0.1, 0.15) is 22.4 Å². The van der Waals surface area contributed by atoms with Crippen LogP contribution >= 0.6 is 23.2 Å². The first-order valence-electron chi connectivity index (χ1n) is 10.2. The van der Waals surface area contributed by atoms with Gasteiger partial charge in [-0.1, -0.05) is 59.6 Å². The average Bonchev–Trinajstić information content (AvgIpc) is 3.02. The Kier molecular flexibility index (Phi) is 6.76. The second kappa shape index (κ2) is 9.50. The van der Waals surface area contributed by atoms with E-state index in [0.717, 1.165) is 36.5 Å². The maximum absolute atomic E-state index is 10.5. The van der Waals surface area contributed by atoms with E-state index >= 15 is 0 Å². The molecule has 158 valence electrons. The van der Waals surface area contributed by atoms with Gasteiger partial charge >= 0.3 is 0 Å². The van der Waals surface area contributed by atoms with Crippen LogP contribution < -0.4 is 5.32 Å². The van der Waals surface area contributed by atoms with Crippen LogP contribution in [0.3, 0.4) is 0 Å². The number of benzene rings is 2. The second-order valence-corrected chi connectivity index (χ2v) is 8.52. The summed E-state index contributed by atoms with van der Waals surface area (Å²) in [6, 6.07) is 16.0. The Morgan fingerprint density at radius 3 is 2.63 bits per heavy atom. The third-order valence-corrected chi connectivity index (χ3v) is 6.27. The normalized spacial score (nSPS) is 15.2. The number of aryl methyl sites for hydroxylation is 1. The highest BCUT2D eigenvalue weighted by atomic mass is 35.5. The minimum Gasteiger partial charge on any atom is -0.390 e. The predicted octanol–water partition coefficient (Wildman–Crippen LogP) is 4.00. The Hall–Kier alpha value is -1.89. The van der Waals surface area contributed by atoms with Crippen LogP contribution in [-0.4, -0.2) is 45.5 Å². The molecule has 0 spiro atoms. The number of aliphatic hydroxyl groups excluding tert-OH is 1. The quantitative estimate of drug-likeness (QED) is 0.578. The number of hydrogen-bond donors (Lipinski definition) is 2. The first kappa shape index (κ1) is 21.3. The lowest BCUT2D eigenvalue weighted by Crippen LogP contribution is -2.40. The topological polar surface area (TPSA) is 53.3 Å². The zero-order chi connectivity index (χ0) is 21.1. The zero-order valence-corrected chi connectivity index (χ0v) is 18.5. The lowest BCUT2D eigenvalue weighted by Gasteiger charge is -2.30. The molecule has 4 rings (SSSR count). The van der Waals surface area contributed by atoms with Gasteiger partial charge in [-0.3, -0.25) is 4.90 Å². The molecule has 3 aromatic rings. The van der Waals surface area contributed by atoms with Crippen molar-refractivity contribution in [3.63, 3.8) is 0 Å². The molecule has 1 aliphatic rings. The summed E-state index contributed by atoms with van der Waals surface area (Å²) in [5, 5.41) is 19.5. The summed E-state index contributed by atoms with van der Waals surface area (Å²) in [4.78, 5) is 2.31. The number of nitrogens with one attached hydrogen (secondary N) is 1. The molecule has 2 heterocycles. The molecule has 30 heavy (non-hydrogen) atoms. The molecule has 1 aromatic heterocycles. The zero-order valence-electron chi connectivity index (χ0n) is 17.0. The van der Waals surface area contributed by atoms with Crippen LogP contribution in [0.5, 0.6) is 0 Å². The minimum atomic E-state index is -0.451. The summed E-state index contributed by atoms with van der Waals surface area (Å²) >= 11 is 12.9. The third-order valence-electron chi connectivity index (χ3n) is 5.56. The molecule has 0 saturated heterocycles. The number of fused-ring (bicyclic) bond motifs is 1. The van der Waals surface area contributed by atoms with Crippen molar-refractivity contribution >= 4 is 23.2 Å². The first-order valence-corrected chi connectivity index (χ1v) is 11.0. The highest BCUT2D eigenvalue weighted by Gasteiger charge is 2.19. The summed E-state index contributed by atoms with van der Waals surface area (Å²) in [6.45, 7) is 5.47. The SMILES string of the molecule is Cc1nn(-c2ccccc2Cl)c(Cl)c1CNCC(O)CN1CCc2ccccc2C1. The van der Waals surface area contributed by atoms with Crippen molar-refractivity contribution in [3.05, 3.63) is 81.1 Å². The Balaban J connectivity index is 1.32. The van der Waals surface area contributed by atoms with Crippen LogP contribution in [0.15, 0.2) is 48.5 Å². The van der Waals surface area contributed by atoms with Crippen molar-refractivity contribution in [2.45, 2.75) is 32.5 Å². The number of aromatic nitrogens is 2. The fourth-order valence-corrected chi connectivity index (χ4v) is 4.50.